The zero-order valence-electron chi connectivity index (χ0n) is 9.74. The smallest absolute Gasteiger partial charge is 0.333 e. The average Bonchev–Trinajstić information content (AvgIpc) is 2.18. The zero-order valence-corrected chi connectivity index (χ0v) is 9.74. The predicted octanol–water partition coefficient (Wildman–Crippen LogP) is 2.69. The fraction of sp³-hybridized carbons (Fsp3) is 0.917. The molecule has 1 aliphatic rings. The van der Waals surface area contributed by atoms with Gasteiger partial charge in [-0.05, 0) is 24.7 Å². The molecule has 0 aromatic carbocycles. The molecule has 88 valence electrons. The van der Waals surface area contributed by atoms with E-state index in [2.05, 4.69) is 0 Å². The summed E-state index contributed by atoms with van der Waals surface area (Å²) < 4.78 is 5.50. The molecule has 1 saturated carbocycles. The summed E-state index contributed by atoms with van der Waals surface area (Å²) in [7, 11) is 0. The van der Waals surface area contributed by atoms with E-state index in [1.807, 2.05) is 13.8 Å². The van der Waals surface area contributed by atoms with Gasteiger partial charge in [0, 0.05) is 0 Å². The fourth-order valence-electron chi connectivity index (χ4n) is 2.14. The summed E-state index contributed by atoms with van der Waals surface area (Å²) in [5.74, 6) is -0.203. The van der Waals surface area contributed by atoms with Gasteiger partial charge in [0.1, 0.15) is 0 Å². The van der Waals surface area contributed by atoms with Crippen molar-refractivity contribution in [2.24, 2.45) is 11.8 Å². The molecule has 1 rings (SSSR count). The van der Waals surface area contributed by atoms with Crippen molar-refractivity contribution in [2.45, 2.75) is 52.1 Å². The van der Waals surface area contributed by atoms with Gasteiger partial charge in [-0.25, -0.2) is 4.79 Å². The summed E-state index contributed by atoms with van der Waals surface area (Å²) in [4.78, 5) is 10.9. The Morgan fingerprint density at radius 3 is 2.40 bits per heavy atom. The van der Waals surface area contributed by atoms with Crippen LogP contribution in [0.2, 0.25) is 0 Å². The number of carbonyl (C=O) groups is 1. The molecule has 0 aromatic rings. The third kappa shape index (κ3) is 4.20. The number of hydrogen-bond acceptors (Lipinski definition) is 2. The molecule has 1 atom stereocenters. The molecule has 1 unspecified atom stereocenters. The highest BCUT2D eigenvalue weighted by atomic mass is 16.5. The van der Waals surface area contributed by atoms with Crippen LogP contribution in [-0.4, -0.2) is 23.8 Å². The van der Waals surface area contributed by atoms with Gasteiger partial charge in [-0.2, -0.15) is 0 Å². The van der Waals surface area contributed by atoms with Crippen LogP contribution in [0, 0.1) is 11.8 Å². The minimum absolute atomic E-state index is 0.0473. The summed E-state index contributed by atoms with van der Waals surface area (Å²) in [6.45, 7) is 4.40. The van der Waals surface area contributed by atoms with Gasteiger partial charge in [0.2, 0.25) is 0 Å². The molecule has 0 aromatic heterocycles. The summed E-state index contributed by atoms with van der Waals surface area (Å²) in [5.41, 5.74) is 0. The SMILES string of the molecule is CC(C)C(OCC1CCCCC1)C(=O)O. The van der Waals surface area contributed by atoms with Crippen molar-refractivity contribution in [3.05, 3.63) is 0 Å². The lowest BCUT2D eigenvalue weighted by molar-refractivity contribution is -0.154. The Balaban J connectivity index is 2.29. The highest BCUT2D eigenvalue weighted by Crippen LogP contribution is 2.24. The maximum atomic E-state index is 10.9. The molecule has 3 heteroatoms. The van der Waals surface area contributed by atoms with Crippen molar-refractivity contribution in [2.75, 3.05) is 6.61 Å². The molecule has 1 N–H and O–H groups in total. The van der Waals surface area contributed by atoms with Gasteiger partial charge in [0.05, 0.1) is 6.61 Å². The average molecular weight is 214 g/mol. The second-order valence-corrected chi connectivity index (χ2v) is 4.84. The Bertz CT molecular complexity index is 195. The molecule has 15 heavy (non-hydrogen) atoms. The van der Waals surface area contributed by atoms with E-state index in [9.17, 15) is 4.79 Å². The summed E-state index contributed by atoms with van der Waals surface area (Å²) in [6.07, 6.45) is 5.63. The number of aliphatic carboxylic acids is 1. The lowest BCUT2D eigenvalue weighted by atomic mass is 9.90. The number of hydrogen-bond donors (Lipinski definition) is 1. The van der Waals surface area contributed by atoms with E-state index < -0.39 is 12.1 Å². The van der Waals surface area contributed by atoms with Gasteiger partial charge in [0.15, 0.2) is 6.10 Å². The van der Waals surface area contributed by atoms with Crippen LogP contribution in [-0.2, 0) is 9.53 Å². The molecule has 0 heterocycles. The molecule has 0 spiro atoms. The van der Waals surface area contributed by atoms with E-state index in [0.717, 1.165) is 0 Å². The first kappa shape index (κ1) is 12.5. The van der Waals surface area contributed by atoms with Crippen molar-refractivity contribution in [1.29, 1.82) is 0 Å². The number of carboxylic acids is 1. The minimum Gasteiger partial charge on any atom is -0.479 e. The molecule has 0 radical (unpaired) electrons. The molecular formula is C12H22O3. The van der Waals surface area contributed by atoms with E-state index in [0.29, 0.717) is 12.5 Å². The Labute approximate surface area is 91.8 Å². The standard InChI is InChI=1S/C12H22O3/c1-9(2)11(12(13)14)15-8-10-6-4-3-5-7-10/h9-11H,3-8H2,1-2H3,(H,13,14). The maximum Gasteiger partial charge on any atom is 0.333 e. The van der Waals surface area contributed by atoms with Crippen LogP contribution in [0.25, 0.3) is 0 Å². The quantitative estimate of drug-likeness (QED) is 0.765. The van der Waals surface area contributed by atoms with E-state index >= 15 is 0 Å². The van der Waals surface area contributed by atoms with Crippen molar-refractivity contribution < 1.29 is 14.6 Å². The second-order valence-electron chi connectivity index (χ2n) is 4.84. The molecule has 0 bridgehead atoms. The van der Waals surface area contributed by atoms with Crippen molar-refractivity contribution >= 4 is 5.97 Å². The Kier molecular flexibility index (Phi) is 5.09. The summed E-state index contributed by atoms with van der Waals surface area (Å²) >= 11 is 0. The van der Waals surface area contributed by atoms with Gasteiger partial charge in [-0.3, -0.25) is 0 Å². The van der Waals surface area contributed by atoms with Crippen LogP contribution in [0.1, 0.15) is 46.0 Å². The number of carboxylic acid groups (broad SMARTS) is 1. The zero-order chi connectivity index (χ0) is 11.3. The van der Waals surface area contributed by atoms with Crippen LogP contribution in [0.5, 0.6) is 0 Å². The third-order valence-electron chi connectivity index (χ3n) is 3.09. The maximum absolute atomic E-state index is 10.9. The van der Waals surface area contributed by atoms with Gasteiger partial charge in [-0.15, -0.1) is 0 Å². The van der Waals surface area contributed by atoms with Gasteiger partial charge in [-0.1, -0.05) is 33.1 Å². The summed E-state index contributed by atoms with van der Waals surface area (Å²) in [5, 5.41) is 8.95. The van der Waals surface area contributed by atoms with E-state index in [1.54, 1.807) is 0 Å². The molecule has 0 aliphatic heterocycles. The molecule has 0 saturated heterocycles. The van der Waals surface area contributed by atoms with E-state index in [-0.39, 0.29) is 5.92 Å². The van der Waals surface area contributed by atoms with E-state index in [4.69, 9.17) is 9.84 Å². The van der Waals surface area contributed by atoms with Crippen LogP contribution >= 0.6 is 0 Å². The molecule has 3 nitrogen and oxygen atoms in total. The molecule has 1 fully saturated rings. The Morgan fingerprint density at radius 2 is 1.93 bits per heavy atom. The normalized spacial score (nSPS) is 20.5. The van der Waals surface area contributed by atoms with Crippen LogP contribution in [0.3, 0.4) is 0 Å². The molecule has 0 amide bonds. The van der Waals surface area contributed by atoms with Crippen molar-refractivity contribution in [3.63, 3.8) is 0 Å². The first-order chi connectivity index (χ1) is 7.11. The topological polar surface area (TPSA) is 46.5 Å². The highest BCUT2D eigenvalue weighted by Gasteiger charge is 2.24. The lowest BCUT2D eigenvalue weighted by Gasteiger charge is -2.24. The monoisotopic (exact) mass is 214 g/mol. The Morgan fingerprint density at radius 1 is 1.33 bits per heavy atom. The fourth-order valence-corrected chi connectivity index (χ4v) is 2.14. The predicted molar refractivity (Wildman–Crippen MR) is 58.8 cm³/mol. The Hall–Kier alpha value is -0.570. The largest absolute Gasteiger partial charge is 0.479 e. The third-order valence-corrected chi connectivity index (χ3v) is 3.09. The number of ether oxygens (including phenoxy) is 1. The molecule has 1 aliphatic carbocycles. The van der Waals surface area contributed by atoms with Crippen LogP contribution in [0.4, 0.5) is 0 Å². The van der Waals surface area contributed by atoms with Crippen LogP contribution in [0.15, 0.2) is 0 Å². The number of rotatable bonds is 5. The van der Waals surface area contributed by atoms with Gasteiger partial charge >= 0.3 is 5.97 Å². The van der Waals surface area contributed by atoms with Crippen molar-refractivity contribution in [3.8, 4) is 0 Å². The first-order valence-electron chi connectivity index (χ1n) is 5.95. The van der Waals surface area contributed by atoms with Crippen molar-refractivity contribution in [1.82, 2.24) is 0 Å². The first-order valence-corrected chi connectivity index (χ1v) is 5.95. The highest BCUT2D eigenvalue weighted by molar-refractivity contribution is 5.72. The van der Waals surface area contributed by atoms with Crippen LogP contribution < -0.4 is 0 Å². The minimum atomic E-state index is -0.833. The van der Waals surface area contributed by atoms with E-state index in [1.165, 1.54) is 32.1 Å². The molecular weight excluding hydrogens is 192 g/mol. The van der Waals surface area contributed by atoms with Gasteiger partial charge < -0.3 is 9.84 Å². The lowest BCUT2D eigenvalue weighted by Crippen LogP contribution is -2.31. The van der Waals surface area contributed by atoms with Gasteiger partial charge in [0.25, 0.3) is 0 Å². The summed E-state index contributed by atoms with van der Waals surface area (Å²) in [6, 6.07) is 0. The second kappa shape index (κ2) is 6.11.